The highest BCUT2D eigenvalue weighted by Gasteiger charge is 2.28. The Kier molecular flexibility index (Phi) is 5.73. The van der Waals surface area contributed by atoms with Gasteiger partial charge in [0.15, 0.2) is 12.4 Å². The van der Waals surface area contributed by atoms with Crippen LogP contribution in [0.15, 0.2) is 42.2 Å². The molecule has 0 amide bonds. The van der Waals surface area contributed by atoms with E-state index in [1.165, 1.54) is 0 Å². The van der Waals surface area contributed by atoms with Gasteiger partial charge in [0, 0.05) is 16.1 Å². The average molecular weight is 407 g/mol. The number of ether oxygens (including phenoxy) is 3. The molecule has 7 heteroatoms. The van der Waals surface area contributed by atoms with Gasteiger partial charge >= 0.3 is 5.97 Å². The fourth-order valence-electron chi connectivity index (χ4n) is 2.46. The molecule has 0 aliphatic carbocycles. The summed E-state index contributed by atoms with van der Waals surface area (Å²) in [6.45, 7) is 3.29. The van der Waals surface area contributed by atoms with Crippen molar-refractivity contribution in [2.24, 2.45) is 0 Å². The van der Waals surface area contributed by atoms with Gasteiger partial charge in [0.2, 0.25) is 5.78 Å². The molecule has 1 aliphatic rings. The van der Waals surface area contributed by atoms with E-state index < -0.39 is 5.97 Å². The summed E-state index contributed by atoms with van der Waals surface area (Å²) >= 11 is 12.0. The summed E-state index contributed by atoms with van der Waals surface area (Å²) in [6, 6.07) is 9.71. The smallest absolute Gasteiger partial charge is 0.344 e. The molecular formula is C20H16Cl2O5. The molecule has 0 saturated carbocycles. The lowest BCUT2D eigenvalue weighted by Crippen LogP contribution is -2.18. The van der Waals surface area contributed by atoms with Gasteiger partial charge in [-0.25, -0.2) is 4.79 Å². The molecule has 2 aromatic rings. The maximum Gasteiger partial charge on any atom is 0.344 e. The standard InChI is InChI=1S/C20H16Cl2O5/c1-11(2)26-19(23)10-25-14-5-6-15-17(9-14)27-18(20(15)24)7-12-3-4-13(21)8-16(12)22/h3-9,11H,10H2,1-2H3/b18-7-. The molecule has 0 atom stereocenters. The fourth-order valence-corrected chi connectivity index (χ4v) is 2.92. The molecule has 0 fully saturated rings. The molecule has 0 spiro atoms. The number of ketones is 1. The number of allylic oxidation sites excluding steroid dienone is 1. The number of carbonyl (C=O) groups excluding carboxylic acids is 2. The van der Waals surface area contributed by atoms with E-state index in [0.717, 1.165) is 0 Å². The first kappa shape index (κ1) is 19.3. The molecule has 5 nitrogen and oxygen atoms in total. The summed E-state index contributed by atoms with van der Waals surface area (Å²) in [4.78, 5) is 24.1. The molecule has 140 valence electrons. The molecule has 0 saturated heterocycles. The van der Waals surface area contributed by atoms with E-state index >= 15 is 0 Å². The summed E-state index contributed by atoms with van der Waals surface area (Å²) in [5.74, 6) is 0.159. The van der Waals surface area contributed by atoms with Gasteiger partial charge in [0.05, 0.1) is 11.7 Å². The Bertz CT molecular complexity index is 934. The number of Topliss-reactive ketones (excluding diaryl/α,β-unsaturated/α-hetero) is 1. The number of hydrogen-bond donors (Lipinski definition) is 0. The first-order chi connectivity index (χ1) is 12.8. The lowest BCUT2D eigenvalue weighted by Gasteiger charge is -2.09. The molecule has 0 N–H and O–H groups in total. The predicted octanol–water partition coefficient (Wildman–Crippen LogP) is 4.94. The first-order valence-electron chi connectivity index (χ1n) is 8.19. The molecule has 0 aromatic heterocycles. The van der Waals surface area contributed by atoms with E-state index in [2.05, 4.69) is 0 Å². The molecule has 0 bridgehead atoms. The van der Waals surface area contributed by atoms with Gasteiger partial charge in [-0.05, 0) is 49.8 Å². The molecule has 0 radical (unpaired) electrons. The average Bonchev–Trinajstić information content (AvgIpc) is 2.90. The van der Waals surface area contributed by atoms with Crippen molar-refractivity contribution in [1.82, 2.24) is 0 Å². The Morgan fingerprint density at radius 1 is 1.19 bits per heavy atom. The second kappa shape index (κ2) is 8.03. The van der Waals surface area contributed by atoms with E-state index in [-0.39, 0.29) is 24.3 Å². The van der Waals surface area contributed by atoms with Crippen molar-refractivity contribution >= 4 is 41.0 Å². The monoisotopic (exact) mass is 406 g/mol. The number of rotatable bonds is 5. The van der Waals surface area contributed by atoms with Crippen molar-refractivity contribution in [3.63, 3.8) is 0 Å². The van der Waals surface area contributed by atoms with Gasteiger partial charge < -0.3 is 14.2 Å². The number of fused-ring (bicyclic) bond motifs is 1. The zero-order chi connectivity index (χ0) is 19.6. The topological polar surface area (TPSA) is 61.8 Å². The Morgan fingerprint density at radius 3 is 2.67 bits per heavy atom. The van der Waals surface area contributed by atoms with E-state index in [1.807, 2.05) is 0 Å². The number of hydrogen-bond acceptors (Lipinski definition) is 5. The summed E-state index contributed by atoms with van der Waals surface area (Å²) < 4.78 is 16.0. The van der Waals surface area contributed by atoms with Crippen molar-refractivity contribution in [2.45, 2.75) is 20.0 Å². The van der Waals surface area contributed by atoms with Crippen molar-refractivity contribution in [2.75, 3.05) is 6.61 Å². The molecule has 27 heavy (non-hydrogen) atoms. The summed E-state index contributed by atoms with van der Waals surface area (Å²) in [7, 11) is 0. The van der Waals surface area contributed by atoms with Crippen LogP contribution in [0.4, 0.5) is 0 Å². The zero-order valence-corrected chi connectivity index (χ0v) is 16.1. The number of esters is 1. The molecule has 1 heterocycles. The van der Waals surface area contributed by atoms with E-state index in [9.17, 15) is 9.59 Å². The van der Waals surface area contributed by atoms with Crippen LogP contribution < -0.4 is 9.47 Å². The highest BCUT2D eigenvalue weighted by Crippen LogP contribution is 2.35. The van der Waals surface area contributed by atoms with Crippen LogP contribution in [0.25, 0.3) is 6.08 Å². The van der Waals surface area contributed by atoms with Gasteiger partial charge in [-0.3, -0.25) is 4.79 Å². The number of halogens is 2. The third-order valence-electron chi connectivity index (χ3n) is 3.61. The van der Waals surface area contributed by atoms with Crippen molar-refractivity contribution in [1.29, 1.82) is 0 Å². The first-order valence-corrected chi connectivity index (χ1v) is 8.94. The minimum atomic E-state index is -0.472. The van der Waals surface area contributed by atoms with Crippen molar-refractivity contribution in [3.05, 3.63) is 63.3 Å². The highest BCUT2D eigenvalue weighted by molar-refractivity contribution is 6.35. The van der Waals surface area contributed by atoms with Gasteiger partial charge in [0.25, 0.3) is 0 Å². The quantitative estimate of drug-likeness (QED) is 0.519. The zero-order valence-electron chi connectivity index (χ0n) is 14.6. The maximum absolute atomic E-state index is 12.5. The lowest BCUT2D eigenvalue weighted by molar-refractivity contribution is -0.149. The normalized spacial score (nSPS) is 14.3. The summed E-state index contributed by atoms with van der Waals surface area (Å²) in [5.41, 5.74) is 1.02. The van der Waals surface area contributed by atoms with E-state index in [1.54, 1.807) is 56.3 Å². The Morgan fingerprint density at radius 2 is 1.96 bits per heavy atom. The Hall–Kier alpha value is -2.50. The minimum Gasteiger partial charge on any atom is -0.482 e. The fraction of sp³-hybridized carbons (Fsp3) is 0.200. The molecule has 1 aliphatic heterocycles. The van der Waals surface area contributed by atoms with Crippen molar-refractivity contribution < 1.29 is 23.8 Å². The molecule has 0 unspecified atom stereocenters. The van der Waals surface area contributed by atoms with Crippen LogP contribution in [0.3, 0.4) is 0 Å². The summed E-state index contributed by atoms with van der Waals surface area (Å²) in [5, 5.41) is 0.914. The van der Waals surface area contributed by atoms with Crippen LogP contribution in [0, 0.1) is 0 Å². The highest BCUT2D eigenvalue weighted by atomic mass is 35.5. The van der Waals surface area contributed by atoms with Gasteiger partial charge in [-0.15, -0.1) is 0 Å². The van der Waals surface area contributed by atoms with Crippen LogP contribution in [0.5, 0.6) is 11.5 Å². The SMILES string of the molecule is CC(C)OC(=O)COc1ccc2c(c1)O/C(=C\c1ccc(Cl)cc1Cl)C2=O. The Labute approximate surface area is 166 Å². The lowest BCUT2D eigenvalue weighted by atomic mass is 10.1. The van der Waals surface area contributed by atoms with E-state index in [4.69, 9.17) is 37.4 Å². The predicted molar refractivity (Wildman–Crippen MR) is 103 cm³/mol. The van der Waals surface area contributed by atoms with Crippen LogP contribution in [-0.4, -0.2) is 24.5 Å². The van der Waals surface area contributed by atoms with Crippen LogP contribution >= 0.6 is 23.2 Å². The molecule has 3 rings (SSSR count). The van der Waals surface area contributed by atoms with Crippen LogP contribution in [0.1, 0.15) is 29.8 Å². The Balaban J connectivity index is 1.75. The third kappa shape index (κ3) is 4.62. The largest absolute Gasteiger partial charge is 0.482 e. The number of benzene rings is 2. The van der Waals surface area contributed by atoms with Crippen LogP contribution in [0.2, 0.25) is 10.0 Å². The second-order valence-corrected chi connectivity index (χ2v) is 6.93. The third-order valence-corrected chi connectivity index (χ3v) is 4.18. The summed E-state index contributed by atoms with van der Waals surface area (Å²) in [6.07, 6.45) is 1.34. The second-order valence-electron chi connectivity index (χ2n) is 6.09. The molecule has 2 aromatic carbocycles. The maximum atomic E-state index is 12.5. The van der Waals surface area contributed by atoms with Gasteiger partial charge in [-0.2, -0.15) is 0 Å². The van der Waals surface area contributed by atoms with Gasteiger partial charge in [0.1, 0.15) is 11.5 Å². The molecular weight excluding hydrogens is 391 g/mol. The van der Waals surface area contributed by atoms with Gasteiger partial charge in [-0.1, -0.05) is 29.3 Å². The van der Waals surface area contributed by atoms with Crippen molar-refractivity contribution in [3.8, 4) is 11.5 Å². The number of carbonyl (C=O) groups is 2. The van der Waals surface area contributed by atoms with E-state index in [0.29, 0.717) is 32.7 Å². The van der Waals surface area contributed by atoms with Crippen LogP contribution in [-0.2, 0) is 9.53 Å². The minimum absolute atomic E-state index is 0.144.